The van der Waals surface area contributed by atoms with Crippen LogP contribution in [0.5, 0.6) is 0 Å². The highest BCUT2D eigenvalue weighted by molar-refractivity contribution is 5.83. The van der Waals surface area contributed by atoms with Crippen molar-refractivity contribution in [2.24, 2.45) is 5.11 Å². The van der Waals surface area contributed by atoms with Gasteiger partial charge >= 0.3 is 6.09 Å². The summed E-state index contributed by atoms with van der Waals surface area (Å²) in [7, 11) is 0. The largest absolute Gasteiger partial charge is 0.450 e. The summed E-state index contributed by atoms with van der Waals surface area (Å²) in [5.74, 6) is -2.20. The van der Waals surface area contributed by atoms with Gasteiger partial charge in [0.05, 0.1) is 6.61 Å². The van der Waals surface area contributed by atoms with E-state index in [0.717, 1.165) is 25.7 Å². The summed E-state index contributed by atoms with van der Waals surface area (Å²) in [6.45, 7) is 3.63. The summed E-state index contributed by atoms with van der Waals surface area (Å²) < 4.78 is 5.09. The van der Waals surface area contributed by atoms with E-state index in [1.165, 1.54) is 6.92 Å². The number of unbranched alkanes of at least 4 members (excludes halogenated alkanes) is 9. The summed E-state index contributed by atoms with van der Waals surface area (Å²) in [5, 5.41) is 42.5. The predicted molar refractivity (Wildman–Crippen MR) is 184 cm³/mol. The Morgan fingerprint density at radius 1 is 0.588 bits per heavy atom. The minimum Gasteiger partial charge on any atom is -0.450 e. The summed E-state index contributed by atoms with van der Waals surface area (Å²) >= 11 is 0. The highest BCUT2D eigenvalue weighted by Crippen LogP contribution is 2.04. The van der Waals surface area contributed by atoms with E-state index >= 15 is 0 Å². The van der Waals surface area contributed by atoms with E-state index in [1.54, 1.807) is 0 Å². The second kappa shape index (κ2) is 31.8. The van der Waals surface area contributed by atoms with Crippen LogP contribution in [0.15, 0.2) is 5.11 Å². The van der Waals surface area contributed by atoms with Crippen LogP contribution in [0.3, 0.4) is 0 Å². The van der Waals surface area contributed by atoms with Crippen LogP contribution < -0.4 is 16.0 Å². The summed E-state index contributed by atoms with van der Waals surface area (Å²) in [6.07, 6.45) is 7.89. The van der Waals surface area contributed by atoms with E-state index in [1.807, 2.05) is 0 Å². The molecule has 0 aliphatic rings. The van der Waals surface area contributed by atoms with Crippen molar-refractivity contribution in [1.82, 2.24) is 31.1 Å². The van der Waals surface area contributed by atoms with Crippen LogP contribution in [0.4, 0.5) is 4.79 Å². The number of nitrogens with one attached hydrogen (secondary N) is 3. The number of azide groups is 1. The van der Waals surface area contributed by atoms with Crippen LogP contribution in [-0.2, 0) is 28.7 Å². The molecule has 0 aliphatic carbocycles. The normalized spacial score (nSPS) is 10.4. The van der Waals surface area contributed by atoms with Crippen LogP contribution in [-0.4, -0.2) is 119 Å². The van der Waals surface area contributed by atoms with E-state index < -0.39 is 23.8 Å². The minimum absolute atomic E-state index is 0.0589. The van der Waals surface area contributed by atoms with Gasteiger partial charge in [-0.25, -0.2) is 20.0 Å². The molecular formula is C32H59N9O10. The van der Waals surface area contributed by atoms with Crippen LogP contribution >= 0.6 is 0 Å². The highest BCUT2D eigenvalue weighted by Gasteiger charge is 2.14. The molecule has 0 unspecified atom stereocenters. The van der Waals surface area contributed by atoms with E-state index in [2.05, 4.69) is 26.0 Å². The Labute approximate surface area is 299 Å². The Balaban J connectivity index is 3.74. The first kappa shape index (κ1) is 46.8. The topological polar surface area (TPSA) is 267 Å². The third-order valence-corrected chi connectivity index (χ3v) is 7.57. The smallest absolute Gasteiger partial charge is 0.407 e. The van der Waals surface area contributed by atoms with Crippen molar-refractivity contribution < 1.29 is 49.1 Å². The van der Waals surface area contributed by atoms with Gasteiger partial charge in [-0.1, -0.05) is 18.0 Å². The summed E-state index contributed by atoms with van der Waals surface area (Å²) in [5.41, 5.74) is 8.21. The van der Waals surface area contributed by atoms with Gasteiger partial charge in [0.2, 0.25) is 29.5 Å². The number of alkyl carbamates (subject to hydrolysis) is 1. The van der Waals surface area contributed by atoms with Gasteiger partial charge in [0.1, 0.15) is 0 Å². The van der Waals surface area contributed by atoms with Gasteiger partial charge in [-0.15, -0.1) is 0 Å². The monoisotopic (exact) mass is 729 g/mol. The minimum atomic E-state index is -0.567. The molecule has 0 fully saturated rings. The van der Waals surface area contributed by atoms with Crippen molar-refractivity contribution in [2.75, 3.05) is 52.4 Å². The summed E-state index contributed by atoms with van der Waals surface area (Å²) in [6, 6.07) is 0. The van der Waals surface area contributed by atoms with Gasteiger partial charge < -0.3 is 20.7 Å². The van der Waals surface area contributed by atoms with Crippen molar-refractivity contribution >= 4 is 35.6 Å². The van der Waals surface area contributed by atoms with Gasteiger partial charge in [-0.05, 0) is 76.2 Å². The SMILES string of the molecule is CC(=O)N(O)CCCCCNC(=O)CCC(=O)N(O)CCCCCNC(=O)CCC(=O)N(O)CCCCCNC(=O)OCCCCCCN=[N+]=[N-]. The second-order valence-electron chi connectivity index (χ2n) is 12.0. The third-order valence-electron chi connectivity index (χ3n) is 7.57. The molecule has 0 aromatic heterocycles. The second-order valence-corrected chi connectivity index (χ2v) is 12.0. The molecule has 0 aromatic carbocycles. The van der Waals surface area contributed by atoms with Crippen molar-refractivity contribution in [3.8, 4) is 0 Å². The molecule has 19 heteroatoms. The predicted octanol–water partition coefficient (Wildman–Crippen LogP) is 3.56. The zero-order valence-electron chi connectivity index (χ0n) is 30.1. The number of rotatable bonds is 31. The molecule has 0 aliphatic heterocycles. The van der Waals surface area contributed by atoms with Gasteiger partial charge in [-0.3, -0.25) is 39.6 Å². The lowest BCUT2D eigenvalue weighted by Crippen LogP contribution is -2.31. The van der Waals surface area contributed by atoms with Crippen LogP contribution in [0.1, 0.15) is 116 Å². The average Bonchev–Trinajstić information content (AvgIpc) is 3.11. The molecule has 292 valence electrons. The molecule has 0 aromatic rings. The molecule has 0 rings (SSSR count). The molecule has 0 bridgehead atoms. The number of ether oxygens (including phenoxy) is 1. The molecule has 0 heterocycles. The molecule has 0 atom stereocenters. The molecule has 19 nitrogen and oxygen atoms in total. The first-order valence-electron chi connectivity index (χ1n) is 17.9. The van der Waals surface area contributed by atoms with Crippen molar-refractivity contribution in [3.63, 3.8) is 0 Å². The average molecular weight is 730 g/mol. The third kappa shape index (κ3) is 29.3. The number of hydroxylamine groups is 6. The van der Waals surface area contributed by atoms with Gasteiger partial charge in [-0.2, -0.15) is 0 Å². The molecule has 6 amide bonds. The molecule has 0 radical (unpaired) electrons. The lowest BCUT2D eigenvalue weighted by atomic mass is 10.2. The molecule has 51 heavy (non-hydrogen) atoms. The Bertz CT molecular complexity index is 1080. The molecular weight excluding hydrogens is 670 g/mol. The Morgan fingerprint density at radius 3 is 1.49 bits per heavy atom. The first-order valence-corrected chi connectivity index (χ1v) is 17.9. The van der Waals surface area contributed by atoms with Crippen molar-refractivity contribution in [2.45, 2.75) is 116 Å². The fraction of sp³-hybridized carbons (Fsp3) is 0.812. The van der Waals surface area contributed by atoms with E-state index in [0.29, 0.717) is 106 Å². The Hall–Kier alpha value is -4.19. The highest BCUT2D eigenvalue weighted by atomic mass is 16.5. The van der Waals surface area contributed by atoms with Crippen LogP contribution in [0.2, 0.25) is 0 Å². The Morgan fingerprint density at radius 2 is 1.02 bits per heavy atom. The Kier molecular flexibility index (Phi) is 29.2. The van der Waals surface area contributed by atoms with Crippen molar-refractivity contribution in [1.29, 1.82) is 0 Å². The van der Waals surface area contributed by atoms with Gasteiger partial charge in [0.25, 0.3) is 0 Å². The lowest BCUT2D eigenvalue weighted by molar-refractivity contribution is -0.166. The molecule has 0 saturated carbocycles. The first-order chi connectivity index (χ1) is 24.5. The van der Waals surface area contributed by atoms with Crippen LogP contribution in [0.25, 0.3) is 10.4 Å². The van der Waals surface area contributed by atoms with E-state index in [4.69, 9.17) is 10.3 Å². The van der Waals surface area contributed by atoms with Crippen LogP contribution in [0, 0.1) is 0 Å². The fourth-order valence-corrected chi connectivity index (χ4v) is 4.52. The number of hydrogen-bond donors (Lipinski definition) is 6. The number of carbonyl (C=O) groups is 6. The van der Waals surface area contributed by atoms with E-state index in [9.17, 15) is 44.4 Å². The maximum absolute atomic E-state index is 12.1. The number of hydrogen-bond acceptors (Lipinski definition) is 11. The summed E-state index contributed by atoms with van der Waals surface area (Å²) in [4.78, 5) is 73.4. The molecule has 0 saturated heterocycles. The quantitative estimate of drug-likeness (QED) is 0.0151. The van der Waals surface area contributed by atoms with Gasteiger partial charge in [0.15, 0.2) is 0 Å². The number of nitrogens with zero attached hydrogens (tertiary/aromatic N) is 6. The number of amides is 6. The van der Waals surface area contributed by atoms with Crippen molar-refractivity contribution in [3.05, 3.63) is 10.4 Å². The maximum Gasteiger partial charge on any atom is 0.407 e. The maximum atomic E-state index is 12.1. The lowest BCUT2D eigenvalue weighted by Gasteiger charge is -2.15. The molecule has 6 N–H and O–H groups in total. The van der Waals surface area contributed by atoms with Gasteiger partial charge in [0, 0.05) is 83.3 Å². The number of carbonyl (C=O) groups excluding carboxylic acids is 6. The zero-order valence-corrected chi connectivity index (χ0v) is 30.1. The van der Waals surface area contributed by atoms with E-state index in [-0.39, 0.29) is 57.1 Å². The standard InChI is InChI=1S/C32H59N9O10/c1-27(42)39(48)23-11-4-7-19-34-28(43)15-17-30(45)40(49)24-12-5-8-20-35-29(44)16-18-31(46)41(50)25-13-6-9-21-36-32(47)51-26-14-3-2-10-22-37-38-33/h48-50H,2-26H2,1H3,(H,34,43)(H,35,44)(H,36,47). The fourth-order valence-electron chi connectivity index (χ4n) is 4.52. The molecule has 0 spiro atoms. The zero-order chi connectivity index (χ0) is 38.1.